The molecule has 1 heterocycles. The number of amides is 2. The minimum atomic E-state index is -0.940. The molecule has 0 spiro atoms. The molecule has 0 radical (unpaired) electrons. The van der Waals surface area contributed by atoms with E-state index in [0.717, 1.165) is 23.6 Å². The molecular weight excluding hydrogens is 400 g/mol. The average Bonchev–Trinajstić information content (AvgIpc) is 2.73. The fourth-order valence-corrected chi connectivity index (χ4v) is 3.84. The van der Waals surface area contributed by atoms with Crippen LogP contribution in [0.4, 0.5) is 11.4 Å². The van der Waals surface area contributed by atoms with Crippen LogP contribution in [0.3, 0.4) is 0 Å². The zero-order valence-electron chi connectivity index (χ0n) is 17.6. The first-order valence-electron chi connectivity index (χ1n) is 10.1. The minimum absolute atomic E-state index is 0.0928. The summed E-state index contributed by atoms with van der Waals surface area (Å²) in [7, 11) is 0. The van der Waals surface area contributed by atoms with E-state index in [1.165, 1.54) is 11.8 Å². The summed E-state index contributed by atoms with van der Waals surface area (Å²) in [6, 6.07) is 14.9. The quantitative estimate of drug-likeness (QED) is 0.602. The van der Waals surface area contributed by atoms with Crippen LogP contribution in [-0.2, 0) is 9.59 Å². The molecule has 160 valence electrons. The summed E-state index contributed by atoms with van der Waals surface area (Å²) in [5.41, 5.74) is 0.452. The van der Waals surface area contributed by atoms with Gasteiger partial charge in [0.2, 0.25) is 11.8 Å². The van der Waals surface area contributed by atoms with Crippen LogP contribution in [0.1, 0.15) is 27.2 Å². The predicted octanol–water partition coefficient (Wildman–Crippen LogP) is 4.35. The second kappa shape index (κ2) is 9.89. The SMILES string of the molecule is CCCOc1ccc(OCCSCC(=O)N2c3ccccc3NC(=O)C2(C)C)cc1. The van der Waals surface area contributed by atoms with Crippen molar-refractivity contribution >= 4 is 35.0 Å². The number of carbonyl (C=O) groups excluding carboxylic acids is 2. The number of anilines is 2. The molecule has 0 saturated heterocycles. The maximum atomic E-state index is 12.9. The van der Waals surface area contributed by atoms with Crippen molar-refractivity contribution in [3.8, 4) is 11.5 Å². The Bertz CT molecular complexity index is 883. The topological polar surface area (TPSA) is 67.9 Å². The Morgan fingerprint density at radius 2 is 1.67 bits per heavy atom. The van der Waals surface area contributed by atoms with E-state index in [0.29, 0.717) is 24.7 Å². The first-order valence-corrected chi connectivity index (χ1v) is 11.3. The van der Waals surface area contributed by atoms with E-state index in [4.69, 9.17) is 9.47 Å². The highest BCUT2D eigenvalue weighted by Gasteiger charge is 2.43. The number of thioether (sulfide) groups is 1. The zero-order chi connectivity index (χ0) is 21.6. The maximum absolute atomic E-state index is 12.9. The van der Waals surface area contributed by atoms with Crippen molar-refractivity contribution in [3.05, 3.63) is 48.5 Å². The number of fused-ring (bicyclic) bond motifs is 1. The molecule has 0 saturated carbocycles. The summed E-state index contributed by atoms with van der Waals surface area (Å²) in [4.78, 5) is 27.0. The molecule has 3 rings (SSSR count). The third-order valence-corrected chi connectivity index (χ3v) is 5.68. The van der Waals surface area contributed by atoms with Gasteiger partial charge in [-0.3, -0.25) is 14.5 Å². The fraction of sp³-hybridized carbons (Fsp3) is 0.391. The van der Waals surface area contributed by atoms with E-state index in [2.05, 4.69) is 12.2 Å². The normalized spacial score (nSPS) is 14.6. The highest BCUT2D eigenvalue weighted by molar-refractivity contribution is 7.99. The number of ether oxygens (including phenoxy) is 2. The average molecular weight is 429 g/mol. The Hall–Kier alpha value is -2.67. The van der Waals surface area contributed by atoms with Crippen LogP contribution in [0, 0.1) is 0 Å². The van der Waals surface area contributed by atoms with E-state index in [-0.39, 0.29) is 17.6 Å². The van der Waals surface area contributed by atoms with E-state index in [9.17, 15) is 9.59 Å². The number of para-hydroxylation sites is 2. The third kappa shape index (κ3) is 5.08. The summed E-state index contributed by atoms with van der Waals surface area (Å²) < 4.78 is 11.3. The van der Waals surface area contributed by atoms with Gasteiger partial charge in [-0.2, -0.15) is 0 Å². The maximum Gasteiger partial charge on any atom is 0.250 e. The molecule has 2 aromatic carbocycles. The first-order chi connectivity index (χ1) is 14.4. The highest BCUT2D eigenvalue weighted by Crippen LogP contribution is 2.37. The molecule has 7 heteroatoms. The number of nitrogens with one attached hydrogen (secondary N) is 1. The van der Waals surface area contributed by atoms with Gasteiger partial charge in [-0.15, -0.1) is 11.8 Å². The Morgan fingerprint density at radius 1 is 1.03 bits per heavy atom. The van der Waals surface area contributed by atoms with Gasteiger partial charge in [-0.1, -0.05) is 19.1 Å². The second-order valence-electron chi connectivity index (χ2n) is 7.48. The van der Waals surface area contributed by atoms with Crippen LogP contribution in [0.5, 0.6) is 11.5 Å². The van der Waals surface area contributed by atoms with Crippen LogP contribution in [0.2, 0.25) is 0 Å². The molecule has 0 aliphatic carbocycles. The monoisotopic (exact) mass is 428 g/mol. The van der Waals surface area contributed by atoms with E-state index in [1.54, 1.807) is 18.7 Å². The highest BCUT2D eigenvalue weighted by atomic mass is 32.2. The molecule has 2 aromatic rings. The van der Waals surface area contributed by atoms with Crippen LogP contribution >= 0.6 is 11.8 Å². The number of hydrogen-bond donors (Lipinski definition) is 1. The van der Waals surface area contributed by atoms with Crippen LogP contribution in [0.25, 0.3) is 0 Å². The number of benzene rings is 2. The third-order valence-electron chi connectivity index (χ3n) is 4.78. The van der Waals surface area contributed by atoms with Crippen LogP contribution in [0.15, 0.2) is 48.5 Å². The second-order valence-corrected chi connectivity index (χ2v) is 8.59. The zero-order valence-corrected chi connectivity index (χ0v) is 18.5. The molecule has 2 amide bonds. The van der Waals surface area contributed by atoms with Crippen molar-refractivity contribution in [2.24, 2.45) is 0 Å². The van der Waals surface area contributed by atoms with E-state index in [1.807, 2.05) is 48.5 Å². The lowest BCUT2D eigenvalue weighted by Gasteiger charge is -2.42. The lowest BCUT2D eigenvalue weighted by atomic mass is 9.96. The number of carbonyl (C=O) groups is 2. The molecule has 0 aromatic heterocycles. The minimum Gasteiger partial charge on any atom is -0.494 e. The summed E-state index contributed by atoms with van der Waals surface area (Å²) >= 11 is 1.49. The smallest absolute Gasteiger partial charge is 0.250 e. The van der Waals surface area contributed by atoms with Gasteiger partial charge in [-0.25, -0.2) is 0 Å². The van der Waals surface area contributed by atoms with E-state index >= 15 is 0 Å². The van der Waals surface area contributed by atoms with Gasteiger partial charge in [0, 0.05) is 5.75 Å². The Labute approximate surface area is 181 Å². The molecule has 1 aliphatic rings. The number of hydrogen-bond acceptors (Lipinski definition) is 5. The predicted molar refractivity (Wildman–Crippen MR) is 122 cm³/mol. The lowest BCUT2D eigenvalue weighted by molar-refractivity contribution is -0.125. The number of nitrogens with zero attached hydrogens (tertiary/aromatic N) is 1. The van der Waals surface area contributed by atoms with Crippen LogP contribution in [-0.4, -0.2) is 42.1 Å². The summed E-state index contributed by atoms with van der Waals surface area (Å²) in [6.07, 6.45) is 0.971. The molecule has 0 unspecified atom stereocenters. The van der Waals surface area contributed by atoms with Crippen LogP contribution < -0.4 is 19.7 Å². The van der Waals surface area contributed by atoms with E-state index < -0.39 is 5.54 Å². The van der Waals surface area contributed by atoms with Crippen molar-refractivity contribution in [1.29, 1.82) is 0 Å². The number of rotatable bonds is 9. The summed E-state index contributed by atoms with van der Waals surface area (Å²) in [5, 5.41) is 2.88. The molecule has 1 aliphatic heterocycles. The molecular formula is C23H28N2O4S. The van der Waals surface area contributed by atoms with Crippen molar-refractivity contribution in [2.45, 2.75) is 32.7 Å². The Kier molecular flexibility index (Phi) is 7.26. The van der Waals surface area contributed by atoms with Gasteiger partial charge in [-0.05, 0) is 56.7 Å². The molecule has 30 heavy (non-hydrogen) atoms. The molecule has 0 fully saturated rings. The summed E-state index contributed by atoms with van der Waals surface area (Å²) in [5.74, 6) is 2.27. The van der Waals surface area contributed by atoms with Crippen molar-refractivity contribution in [3.63, 3.8) is 0 Å². The van der Waals surface area contributed by atoms with Gasteiger partial charge in [0.15, 0.2) is 0 Å². The molecule has 1 N–H and O–H groups in total. The van der Waals surface area contributed by atoms with Gasteiger partial charge in [0.1, 0.15) is 17.0 Å². The molecule has 6 nitrogen and oxygen atoms in total. The standard InChI is InChI=1S/C23H28N2O4S/c1-4-13-28-17-9-11-18(12-10-17)29-14-15-30-16-21(26)25-20-8-6-5-7-19(20)24-22(27)23(25,2)3/h5-12H,4,13-16H2,1-3H3,(H,24,27). The van der Waals surface area contributed by atoms with Gasteiger partial charge < -0.3 is 14.8 Å². The van der Waals surface area contributed by atoms with Crippen molar-refractivity contribution in [2.75, 3.05) is 34.9 Å². The van der Waals surface area contributed by atoms with Crippen molar-refractivity contribution < 1.29 is 19.1 Å². The van der Waals surface area contributed by atoms with Gasteiger partial charge in [0.25, 0.3) is 0 Å². The Morgan fingerprint density at radius 3 is 2.33 bits per heavy atom. The Balaban J connectivity index is 1.49. The van der Waals surface area contributed by atoms with Crippen molar-refractivity contribution in [1.82, 2.24) is 0 Å². The largest absolute Gasteiger partial charge is 0.494 e. The van der Waals surface area contributed by atoms with Gasteiger partial charge >= 0.3 is 0 Å². The van der Waals surface area contributed by atoms with Gasteiger partial charge in [0.05, 0.1) is 30.3 Å². The summed E-state index contributed by atoms with van der Waals surface area (Å²) in [6.45, 7) is 6.79. The lowest BCUT2D eigenvalue weighted by Crippen LogP contribution is -2.59. The fourth-order valence-electron chi connectivity index (χ4n) is 3.19. The first kappa shape index (κ1) is 22.0. The molecule has 0 atom stereocenters. The molecule has 0 bridgehead atoms.